The molecular weight excluding hydrogens is 296 g/mol. The molecule has 0 saturated heterocycles. The van der Waals surface area contributed by atoms with Gasteiger partial charge >= 0.3 is 0 Å². The van der Waals surface area contributed by atoms with Gasteiger partial charge in [-0.25, -0.2) is 4.98 Å². The Hall–Kier alpha value is -2.88. The number of anilines is 3. The van der Waals surface area contributed by atoms with Crippen LogP contribution in [0.25, 0.3) is 0 Å². The van der Waals surface area contributed by atoms with Crippen LogP contribution in [-0.4, -0.2) is 24.1 Å². The molecule has 0 aliphatic carbocycles. The van der Waals surface area contributed by atoms with Gasteiger partial charge in [0.2, 0.25) is 5.95 Å². The lowest BCUT2D eigenvalue weighted by atomic mass is 10.2. The van der Waals surface area contributed by atoms with Crippen LogP contribution in [-0.2, 0) is 6.54 Å². The summed E-state index contributed by atoms with van der Waals surface area (Å²) in [6.07, 6.45) is 0. The maximum atomic E-state index is 4.75. The van der Waals surface area contributed by atoms with E-state index in [1.165, 1.54) is 5.56 Å². The van der Waals surface area contributed by atoms with Gasteiger partial charge in [0.25, 0.3) is 0 Å². The van der Waals surface area contributed by atoms with Crippen LogP contribution in [0.1, 0.15) is 11.3 Å². The first-order valence-electron chi connectivity index (χ1n) is 8.03. The third-order valence-electron chi connectivity index (χ3n) is 3.92. The molecule has 1 aromatic heterocycles. The highest BCUT2D eigenvalue weighted by molar-refractivity contribution is 5.60. The topological polar surface area (TPSA) is 32.3 Å². The van der Waals surface area contributed by atoms with E-state index in [1.54, 1.807) is 0 Å². The molecule has 0 amide bonds. The van der Waals surface area contributed by atoms with Crippen LogP contribution in [0.3, 0.4) is 0 Å². The quantitative estimate of drug-likeness (QED) is 0.706. The maximum Gasteiger partial charge on any atom is 0.227 e. The van der Waals surface area contributed by atoms with E-state index in [1.807, 2.05) is 51.4 Å². The van der Waals surface area contributed by atoms with E-state index in [-0.39, 0.29) is 0 Å². The molecule has 0 N–H and O–H groups in total. The molecule has 3 aromatic rings. The van der Waals surface area contributed by atoms with E-state index in [0.29, 0.717) is 0 Å². The van der Waals surface area contributed by atoms with Crippen LogP contribution in [0.5, 0.6) is 0 Å². The van der Waals surface area contributed by atoms with Crippen molar-refractivity contribution in [3.8, 4) is 0 Å². The fraction of sp³-hybridized carbons (Fsp3) is 0.200. The van der Waals surface area contributed by atoms with Gasteiger partial charge in [-0.1, -0.05) is 48.5 Å². The number of aromatic nitrogens is 2. The Morgan fingerprint density at radius 3 is 2.12 bits per heavy atom. The lowest BCUT2D eigenvalue weighted by Crippen LogP contribution is -2.21. The second-order valence-corrected chi connectivity index (χ2v) is 5.90. The highest BCUT2D eigenvalue weighted by Gasteiger charge is 2.11. The molecule has 0 spiro atoms. The van der Waals surface area contributed by atoms with Crippen LogP contribution >= 0.6 is 0 Å². The molecule has 0 saturated carbocycles. The molecule has 0 fully saturated rings. The predicted molar refractivity (Wildman–Crippen MR) is 99.8 cm³/mol. The molecule has 0 aliphatic rings. The van der Waals surface area contributed by atoms with Crippen molar-refractivity contribution in [2.24, 2.45) is 0 Å². The zero-order chi connectivity index (χ0) is 16.9. The van der Waals surface area contributed by atoms with Crippen molar-refractivity contribution in [1.82, 2.24) is 9.97 Å². The summed E-state index contributed by atoms with van der Waals surface area (Å²) >= 11 is 0. The van der Waals surface area contributed by atoms with Gasteiger partial charge in [-0.3, -0.25) is 0 Å². The number of hydrogen-bond donors (Lipinski definition) is 0. The van der Waals surface area contributed by atoms with Crippen molar-refractivity contribution >= 4 is 17.5 Å². The van der Waals surface area contributed by atoms with E-state index in [4.69, 9.17) is 4.98 Å². The lowest BCUT2D eigenvalue weighted by Gasteiger charge is -2.22. The van der Waals surface area contributed by atoms with E-state index in [9.17, 15) is 0 Å². The SMILES string of the molecule is Cc1cc(N(C)c2ccccc2)nc(N(C)Cc2ccccc2)n1. The molecule has 0 radical (unpaired) electrons. The summed E-state index contributed by atoms with van der Waals surface area (Å²) in [5.74, 6) is 1.63. The van der Waals surface area contributed by atoms with Gasteiger partial charge in [-0.2, -0.15) is 4.98 Å². The molecule has 0 aliphatic heterocycles. The van der Waals surface area contributed by atoms with Gasteiger partial charge in [0.05, 0.1) is 0 Å². The molecular formula is C20H22N4. The molecule has 0 atom stereocenters. The molecule has 4 nitrogen and oxygen atoms in total. The Kier molecular flexibility index (Phi) is 4.75. The predicted octanol–water partition coefficient (Wildman–Crippen LogP) is 4.19. The first kappa shape index (κ1) is 16.0. The Balaban J connectivity index is 1.86. The van der Waals surface area contributed by atoms with Gasteiger partial charge in [-0.05, 0) is 24.6 Å². The first-order chi connectivity index (χ1) is 11.6. The minimum absolute atomic E-state index is 0.733. The highest BCUT2D eigenvalue weighted by Crippen LogP contribution is 2.24. The Morgan fingerprint density at radius 2 is 1.46 bits per heavy atom. The molecule has 3 rings (SSSR count). The highest BCUT2D eigenvalue weighted by atomic mass is 15.3. The summed E-state index contributed by atoms with van der Waals surface area (Å²) in [6.45, 7) is 2.78. The summed E-state index contributed by atoms with van der Waals surface area (Å²) in [5.41, 5.74) is 3.30. The summed E-state index contributed by atoms with van der Waals surface area (Å²) in [7, 11) is 4.05. The van der Waals surface area contributed by atoms with Gasteiger partial charge in [0.15, 0.2) is 0 Å². The number of nitrogens with zero attached hydrogens (tertiary/aromatic N) is 4. The Bertz CT molecular complexity index is 787. The van der Waals surface area contributed by atoms with E-state index in [0.717, 1.165) is 29.7 Å². The standard InChI is InChI=1S/C20H22N4/c1-16-14-19(24(3)18-12-8-5-9-13-18)22-20(21-16)23(2)15-17-10-6-4-7-11-17/h4-14H,15H2,1-3H3. The Labute approximate surface area is 143 Å². The fourth-order valence-corrected chi connectivity index (χ4v) is 2.59. The molecule has 2 aromatic carbocycles. The summed E-state index contributed by atoms with van der Waals surface area (Å²) in [4.78, 5) is 13.5. The molecule has 4 heteroatoms. The summed E-state index contributed by atoms with van der Waals surface area (Å²) < 4.78 is 0. The van der Waals surface area contributed by atoms with Gasteiger partial charge in [0, 0.05) is 38.1 Å². The van der Waals surface area contributed by atoms with Crippen molar-refractivity contribution in [2.45, 2.75) is 13.5 Å². The molecule has 0 unspecified atom stereocenters. The monoisotopic (exact) mass is 318 g/mol. The fourth-order valence-electron chi connectivity index (χ4n) is 2.59. The van der Waals surface area contributed by atoms with Gasteiger partial charge < -0.3 is 9.80 Å². The van der Waals surface area contributed by atoms with Crippen LogP contribution in [0.15, 0.2) is 66.7 Å². The molecule has 24 heavy (non-hydrogen) atoms. The second-order valence-electron chi connectivity index (χ2n) is 5.90. The number of hydrogen-bond acceptors (Lipinski definition) is 4. The minimum Gasteiger partial charge on any atom is -0.339 e. The molecule has 0 bridgehead atoms. The smallest absolute Gasteiger partial charge is 0.227 e. The van der Waals surface area contributed by atoms with Gasteiger partial charge in [0.1, 0.15) is 5.82 Å². The third kappa shape index (κ3) is 3.71. The van der Waals surface area contributed by atoms with Crippen LogP contribution in [0.2, 0.25) is 0 Å². The van der Waals surface area contributed by atoms with Crippen molar-refractivity contribution in [2.75, 3.05) is 23.9 Å². The average molecular weight is 318 g/mol. The van der Waals surface area contributed by atoms with Crippen molar-refractivity contribution in [3.05, 3.63) is 78.0 Å². The van der Waals surface area contributed by atoms with Crippen LogP contribution in [0.4, 0.5) is 17.5 Å². The molecule has 1 heterocycles. The Morgan fingerprint density at radius 1 is 0.833 bits per heavy atom. The first-order valence-corrected chi connectivity index (χ1v) is 8.03. The lowest BCUT2D eigenvalue weighted by molar-refractivity contribution is 0.856. The maximum absolute atomic E-state index is 4.75. The van der Waals surface area contributed by atoms with E-state index >= 15 is 0 Å². The number of aryl methyl sites for hydroxylation is 1. The average Bonchev–Trinajstić information content (AvgIpc) is 2.62. The number of para-hydroxylation sites is 1. The van der Waals surface area contributed by atoms with Crippen molar-refractivity contribution in [3.63, 3.8) is 0 Å². The van der Waals surface area contributed by atoms with Gasteiger partial charge in [-0.15, -0.1) is 0 Å². The zero-order valence-electron chi connectivity index (χ0n) is 14.3. The zero-order valence-corrected chi connectivity index (χ0v) is 14.3. The number of benzene rings is 2. The van der Waals surface area contributed by atoms with Crippen molar-refractivity contribution < 1.29 is 0 Å². The van der Waals surface area contributed by atoms with Crippen molar-refractivity contribution in [1.29, 1.82) is 0 Å². The van der Waals surface area contributed by atoms with E-state index in [2.05, 4.69) is 51.2 Å². The van der Waals surface area contributed by atoms with E-state index < -0.39 is 0 Å². The normalized spacial score (nSPS) is 10.5. The summed E-state index contributed by atoms with van der Waals surface area (Å²) in [5, 5.41) is 0. The minimum atomic E-state index is 0.733. The third-order valence-corrected chi connectivity index (χ3v) is 3.92. The summed E-state index contributed by atoms with van der Waals surface area (Å²) in [6, 6.07) is 22.6. The second kappa shape index (κ2) is 7.13. The largest absolute Gasteiger partial charge is 0.339 e. The van der Waals surface area contributed by atoms with Crippen LogP contribution < -0.4 is 9.80 Å². The van der Waals surface area contributed by atoms with Crippen LogP contribution in [0, 0.1) is 6.92 Å². The number of rotatable bonds is 5. The molecule has 122 valence electrons.